The third kappa shape index (κ3) is 5.60. The van der Waals surface area contributed by atoms with Crippen molar-refractivity contribution < 1.29 is 26.7 Å². The molecule has 7 heteroatoms. The average molecular weight is 249 g/mol. The van der Waals surface area contributed by atoms with E-state index in [-0.39, 0.29) is 12.5 Å². The maximum Gasteiger partial charge on any atom is 0.455 e. The van der Waals surface area contributed by atoms with Gasteiger partial charge in [0.15, 0.2) is 0 Å². The molecule has 98 valence electrons. The molecule has 0 aromatic carbocycles. The lowest BCUT2D eigenvalue weighted by molar-refractivity contribution is -0.297. The molecule has 0 rings (SSSR count). The van der Waals surface area contributed by atoms with Crippen molar-refractivity contribution in [2.24, 2.45) is 5.92 Å². The van der Waals surface area contributed by atoms with Crippen molar-refractivity contribution in [1.29, 1.82) is 0 Å². The Morgan fingerprint density at radius 1 is 1.19 bits per heavy atom. The monoisotopic (exact) mass is 249 g/mol. The maximum absolute atomic E-state index is 12.4. The van der Waals surface area contributed by atoms with Gasteiger partial charge in [-0.3, -0.25) is 0 Å². The molecule has 0 heterocycles. The SMILES string of the molecule is CCNCC(C)COCC(F)(F)C(F)(F)F. The largest absolute Gasteiger partial charge is 0.455 e. The number of nitrogens with one attached hydrogen (secondary N) is 1. The summed E-state index contributed by atoms with van der Waals surface area (Å²) in [6.07, 6.45) is -5.54. The standard InChI is InChI=1S/C9H16F5NO/c1-3-15-4-7(2)5-16-6-8(10,11)9(12,13)14/h7,15H,3-6H2,1-2H3. The summed E-state index contributed by atoms with van der Waals surface area (Å²) in [6, 6.07) is 0. The number of halogens is 5. The molecule has 0 aliphatic carbocycles. The van der Waals surface area contributed by atoms with Gasteiger partial charge in [-0.1, -0.05) is 13.8 Å². The molecule has 0 radical (unpaired) electrons. The first-order chi connectivity index (χ1) is 7.20. The van der Waals surface area contributed by atoms with Crippen LogP contribution < -0.4 is 5.32 Å². The normalized spacial score (nSPS) is 15.2. The second kappa shape index (κ2) is 6.34. The zero-order chi connectivity index (χ0) is 12.8. The maximum atomic E-state index is 12.4. The number of rotatable bonds is 7. The Kier molecular flexibility index (Phi) is 6.17. The van der Waals surface area contributed by atoms with Crippen molar-refractivity contribution >= 4 is 0 Å². The lowest BCUT2D eigenvalue weighted by atomic mass is 10.2. The Balaban J connectivity index is 3.81. The quantitative estimate of drug-likeness (QED) is 0.700. The summed E-state index contributed by atoms with van der Waals surface area (Å²) in [6.45, 7) is 3.06. The van der Waals surface area contributed by atoms with Crippen LogP contribution in [0.4, 0.5) is 22.0 Å². The molecule has 0 bridgehead atoms. The summed E-state index contributed by atoms with van der Waals surface area (Å²) in [4.78, 5) is 0. The summed E-state index contributed by atoms with van der Waals surface area (Å²) >= 11 is 0. The van der Waals surface area contributed by atoms with Crippen LogP contribution in [0.2, 0.25) is 0 Å². The van der Waals surface area contributed by atoms with E-state index in [0.717, 1.165) is 0 Å². The van der Waals surface area contributed by atoms with Crippen LogP contribution in [0.25, 0.3) is 0 Å². The van der Waals surface area contributed by atoms with Gasteiger partial charge >= 0.3 is 12.1 Å². The Bertz CT molecular complexity index is 195. The summed E-state index contributed by atoms with van der Waals surface area (Å²) in [5.41, 5.74) is 0. The highest BCUT2D eigenvalue weighted by molar-refractivity contribution is 4.75. The molecule has 0 saturated carbocycles. The molecule has 1 unspecified atom stereocenters. The van der Waals surface area contributed by atoms with Gasteiger partial charge in [-0.2, -0.15) is 22.0 Å². The zero-order valence-electron chi connectivity index (χ0n) is 9.20. The second-order valence-electron chi connectivity index (χ2n) is 3.63. The van der Waals surface area contributed by atoms with E-state index >= 15 is 0 Å². The van der Waals surface area contributed by atoms with Crippen LogP contribution in [0, 0.1) is 5.92 Å². The predicted octanol–water partition coefficient (Wildman–Crippen LogP) is 2.45. The van der Waals surface area contributed by atoms with Gasteiger partial charge in [0.05, 0.1) is 6.61 Å². The Morgan fingerprint density at radius 2 is 1.75 bits per heavy atom. The van der Waals surface area contributed by atoms with E-state index in [1.165, 1.54) is 0 Å². The number of ether oxygens (including phenoxy) is 1. The van der Waals surface area contributed by atoms with Crippen molar-refractivity contribution in [3.05, 3.63) is 0 Å². The van der Waals surface area contributed by atoms with E-state index in [0.29, 0.717) is 13.1 Å². The Labute approximate surface area is 91.1 Å². The number of alkyl halides is 5. The van der Waals surface area contributed by atoms with E-state index in [9.17, 15) is 22.0 Å². The molecule has 0 aromatic rings. The Hall–Kier alpha value is -0.430. The molecule has 0 saturated heterocycles. The second-order valence-corrected chi connectivity index (χ2v) is 3.63. The fraction of sp³-hybridized carbons (Fsp3) is 1.00. The minimum atomic E-state index is -5.54. The Morgan fingerprint density at radius 3 is 2.19 bits per heavy atom. The zero-order valence-corrected chi connectivity index (χ0v) is 9.20. The van der Waals surface area contributed by atoms with Crippen LogP contribution in [0.15, 0.2) is 0 Å². The molecule has 0 aliphatic rings. The highest BCUT2D eigenvalue weighted by atomic mass is 19.4. The van der Waals surface area contributed by atoms with Gasteiger partial charge in [0, 0.05) is 0 Å². The molecule has 1 atom stereocenters. The minimum Gasteiger partial charge on any atom is -0.374 e. The molecule has 0 fully saturated rings. The summed E-state index contributed by atoms with van der Waals surface area (Å²) in [7, 11) is 0. The molecule has 0 aromatic heterocycles. The van der Waals surface area contributed by atoms with Gasteiger partial charge in [-0.05, 0) is 19.0 Å². The van der Waals surface area contributed by atoms with Crippen molar-refractivity contribution in [3.8, 4) is 0 Å². The van der Waals surface area contributed by atoms with Crippen molar-refractivity contribution in [2.45, 2.75) is 25.9 Å². The van der Waals surface area contributed by atoms with Gasteiger partial charge in [0.25, 0.3) is 0 Å². The molecule has 0 aliphatic heterocycles. The van der Waals surface area contributed by atoms with Crippen LogP contribution >= 0.6 is 0 Å². The van der Waals surface area contributed by atoms with Gasteiger partial charge in [-0.25, -0.2) is 0 Å². The molecule has 16 heavy (non-hydrogen) atoms. The van der Waals surface area contributed by atoms with Gasteiger partial charge in [0.2, 0.25) is 0 Å². The fourth-order valence-electron chi connectivity index (χ4n) is 0.920. The molecular weight excluding hydrogens is 233 g/mol. The minimum absolute atomic E-state index is 0.107. The van der Waals surface area contributed by atoms with Crippen LogP contribution in [0.1, 0.15) is 13.8 Å². The molecule has 2 nitrogen and oxygen atoms in total. The molecule has 0 amide bonds. The molecule has 0 spiro atoms. The topological polar surface area (TPSA) is 21.3 Å². The van der Waals surface area contributed by atoms with Crippen molar-refractivity contribution in [1.82, 2.24) is 5.32 Å². The van der Waals surface area contributed by atoms with E-state index < -0.39 is 18.7 Å². The van der Waals surface area contributed by atoms with E-state index in [1.807, 2.05) is 6.92 Å². The van der Waals surface area contributed by atoms with E-state index in [4.69, 9.17) is 0 Å². The number of hydrogen-bond acceptors (Lipinski definition) is 2. The first-order valence-electron chi connectivity index (χ1n) is 4.93. The lowest BCUT2D eigenvalue weighted by Crippen LogP contribution is -2.41. The third-order valence-corrected chi connectivity index (χ3v) is 1.84. The summed E-state index contributed by atoms with van der Waals surface area (Å²) in [5, 5.41) is 2.94. The van der Waals surface area contributed by atoms with Gasteiger partial charge < -0.3 is 10.1 Å². The third-order valence-electron chi connectivity index (χ3n) is 1.84. The van der Waals surface area contributed by atoms with Crippen molar-refractivity contribution in [2.75, 3.05) is 26.3 Å². The summed E-state index contributed by atoms with van der Waals surface area (Å²) < 4.78 is 64.3. The van der Waals surface area contributed by atoms with E-state index in [1.54, 1.807) is 6.92 Å². The van der Waals surface area contributed by atoms with Crippen LogP contribution in [0.3, 0.4) is 0 Å². The lowest BCUT2D eigenvalue weighted by Gasteiger charge is -2.20. The van der Waals surface area contributed by atoms with Crippen molar-refractivity contribution in [3.63, 3.8) is 0 Å². The average Bonchev–Trinajstić information content (AvgIpc) is 2.12. The van der Waals surface area contributed by atoms with Gasteiger partial charge in [-0.15, -0.1) is 0 Å². The van der Waals surface area contributed by atoms with E-state index in [2.05, 4.69) is 10.1 Å². The highest BCUT2D eigenvalue weighted by Gasteiger charge is 2.57. The first kappa shape index (κ1) is 15.6. The predicted molar refractivity (Wildman–Crippen MR) is 49.5 cm³/mol. The molecule has 1 N–H and O–H groups in total. The van der Waals surface area contributed by atoms with Crippen LogP contribution in [-0.2, 0) is 4.74 Å². The highest BCUT2D eigenvalue weighted by Crippen LogP contribution is 2.35. The van der Waals surface area contributed by atoms with Crippen LogP contribution in [-0.4, -0.2) is 38.4 Å². The van der Waals surface area contributed by atoms with Crippen LogP contribution in [0.5, 0.6) is 0 Å². The molecular formula is C9H16F5NO. The smallest absolute Gasteiger partial charge is 0.374 e. The first-order valence-corrected chi connectivity index (χ1v) is 4.93. The summed E-state index contributed by atoms with van der Waals surface area (Å²) in [5.74, 6) is -4.88. The fourth-order valence-corrected chi connectivity index (χ4v) is 0.920. The number of hydrogen-bond donors (Lipinski definition) is 1. The van der Waals surface area contributed by atoms with Gasteiger partial charge in [0.1, 0.15) is 6.61 Å².